The van der Waals surface area contributed by atoms with E-state index >= 15 is 0 Å². The van der Waals surface area contributed by atoms with E-state index in [4.69, 9.17) is 11.4 Å². The van der Waals surface area contributed by atoms with Crippen molar-refractivity contribution in [3.05, 3.63) is 47.9 Å². The summed E-state index contributed by atoms with van der Waals surface area (Å²) in [6.07, 6.45) is 12.8. The Morgan fingerprint density at radius 2 is 2.10 bits per heavy atom. The zero-order chi connectivity index (χ0) is 19.8. The molecule has 1 fully saturated rings. The van der Waals surface area contributed by atoms with Gasteiger partial charge in [-0.3, -0.25) is 0 Å². The highest BCUT2D eigenvalue weighted by atomic mass is 32.1. The number of imidazole rings is 1. The molecule has 3 heterocycles. The van der Waals surface area contributed by atoms with Crippen LogP contribution in [0.15, 0.2) is 36.8 Å². The first kappa shape index (κ1) is 18.1. The molecule has 2 unspecified atom stereocenters. The quantitative estimate of drug-likeness (QED) is 0.507. The van der Waals surface area contributed by atoms with E-state index in [0.29, 0.717) is 6.54 Å². The van der Waals surface area contributed by atoms with Gasteiger partial charge in [-0.25, -0.2) is 15.0 Å². The summed E-state index contributed by atoms with van der Waals surface area (Å²) in [6, 6.07) is 8.27. The SMILES string of the molecule is C#Cc1cnc2c(c1)ncn2Cc1ccc2nc(NC3CCCCC3O)sc2c1. The van der Waals surface area contributed by atoms with Gasteiger partial charge in [-0.05, 0) is 36.6 Å². The molecule has 4 aromatic rings. The van der Waals surface area contributed by atoms with E-state index in [1.165, 1.54) is 0 Å². The van der Waals surface area contributed by atoms with Crippen LogP contribution in [-0.2, 0) is 6.54 Å². The first-order valence-corrected chi connectivity index (χ1v) is 10.6. The maximum atomic E-state index is 10.2. The highest BCUT2D eigenvalue weighted by Gasteiger charge is 2.23. The number of aliphatic hydroxyl groups is 1. The zero-order valence-electron chi connectivity index (χ0n) is 15.9. The summed E-state index contributed by atoms with van der Waals surface area (Å²) in [5.41, 5.74) is 4.49. The Bertz CT molecular complexity index is 1220. The topological polar surface area (TPSA) is 75.9 Å². The summed E-state index contributed by atoms with van der Waals surface area (Å²) in [5.74, 6) is 2.59. The predicted octanol–water partition coefficient (Wildman–Crippen LogP) is 3.79. The van der Waals surface area contributed by atoms with Crippen molar-refractivity contribution in [2.75, 3.05) is 5.32 Å². The van der Waals surface area contributed by atoms with Crippen molar-refractivity contribution in [1.82, 2.24) is 19.5 Å². The number of fused-ring (bicyclic) bond motifs is 2. The molecular formula is C22H21N5OS. The van der Waals surface area contributed by atoms with E-state index in [2.05, 4.69) is 33.3 Å². The number of anilines is 1. The smallest absolute Gasteiger partial charge is 0.184 e. The van der Waals surface area contributed by atoms with Gasteiger partial charge in [0.15, 0.2) is 10.8 Å². The molecule has 0 radical (unpaired) electrons. The van der Waals surface area contributed by atoms with Gasteiger partial charge in [-0.15, -0.1) is 6.42 Å². The molecule has 29 heavy (non-hydrogen) atoms. The third-order valence-corrected chi connectivity index (χ3v) is 6.42. The highest BCUT2D eigenvalue weighted by Crippen LogP contribution is 2.30. The molecule has 7 heteroatoms. The van der Waals surface area contributed by atoms with Gasteiger partial charge < -0.3 is 15.0 Å². The second-order valence-electron chi connectivity index (χ2n) is 7.51. The second-order valence-corrected chi connectivity index (χ2v) is 8.54. The van der Waals surface area contributed by atoms with Gasteiger partial charge in [0.05, 0.1) is 35.2 Å². The summed E-state index contributed by atoms with van der Waals surface area (Å²) in [7, 11) is 0. The van der Waals surface area contributed by atoms with Crippen LogP contribution >= 0.6 is 11.3 Å². The van der Waals surface area contributed by atoms with Crippen LogP contribution in [0, 0.1) is 12.3 Å². The molecule has 1 aromatic carbocycles. The summed E-state index contributed by atoms with van der Waals surface area (Å²) in [4.78, 5) is 13.6. The molecule has 2 atom stereocenters. The predicted molar refractivity (Wildman–Crippen MR) is 116 cm³/mol. The Labute approximate surface area is 172 Å². The standard InChI is InChI=1S/C22H21N5OS/c1-2-14-9-18-21(23-11-14)27(13-24-18)12-15-7-8-17-20(10-15)29-22(26-17)25-16-5-3-4-6-19(16)28/h1,7-11,13,16,19,28H,3-6,12H2,(H,25,26). The fourth-order valence-corrected chi connectivity index (χ4v) is 4.90. The number of thiazole rings is 1. The number of terminal acetylenes is 1. The third kappa shape index (κ3) is 3.57. The summed E-state index contributed by atoms with van der Waals surface area (Å²) < 4.78 is 3.15. The number of benzene rings is 1. The van der Waals surface area contributed by atoms with Crippen LogP contribution in [0.2, 0.25) is 0 Å². The van der Waals surface area contributed by atoms with Crippen molar-refractivity contribution in [3.8, 4) is 12.3 Å². The highest BCUT2D eigenvalue weighted by molar-refractivity contribution is 7.22. The maximum absolute atomic E-state index is 10.2. The lowest BCUT2D eigenvalue weighted by Crippen LogP contribution is -2.36. The van der Waals surface area contributed by atoms with Gasteiger partial charge in [-0.2, -0.15) is 0 Å². The van der Waals surface area contributed by atoms with Crippen LogP contribution in [0.3, 0.4) is 0 Å². The number of hydrogen-bond donors (Lipinski definition) is 2. The molecule has 146 valence electrons. The largest absolute Gasteiger partial charge is 0.391 e. The lowest BCUT2D eigenvalue weighted by molar-refractivity contribution is 0.116. The zero-order valence-corrected chi connectivity index (χ0v) is 16.7. The third-order valence-electron chi connectivity index (χ3n) is 5.47. The minimum atomic E-state index is -0.289. The first-order chi connectivity index (χ1) is 14.2. The number of nitrogens with zero attached hydrogens (tertiary/aromatic N) is 4. The van der Waals surface area contributed by atoms with E-state index in [1.807, 2.05) is 16.7 Å². The molecule has 5 rings (SSSR count). The normalized spacial score (nSPS) is 19.4. The van der Waals surface area contributed by atoms with Crippen LogP contribution in [0.25, 0.3) is 21.4 Å². The summed E-state index contributed by atoms with van der Waals surface area (Å²) in [6.45, 7) is 0.677. The maximum Gasteiger partial charge on any atom is 0.184 e. The summed E-state index contributed by atoms with van der Waals surface area (Å²) >= 11 is 1.63. The molecule has 1 saturated carbocycles. The molecule has 6 nitrogen and oxygen atoms in total. The Morgan fingerprint density at radius 1 is 1.21 bits per heavy atom. The average molecular weight is 404 g/mol. The van der Waals surface area contributed by atoms with E-state index in [-0.39, 0.29) is 12.1 Å². The van der Waals surface area contributed by atoms with Crippen molar-refractivity contribution in [2.45, 2.75) is 44.4 Å². The van der Waals surface area contributed by atoms with Crippen molar-refractivity contribution in [2.24, 2.45) is 0 Å². The molecule has 0 amide bonds. The molecule has 1 aliphatic rings. The van der Waals surface area contributed by atoms with Crippen LogP contribution < -0.4 is 5.32 Å². The lowest BCUT2D eigenvalue weighted by Gasteiger charge is -2.27. The van der Waals surface area contributed by atoms with Crippen LogP contribution in [-0.4, -0.2) is 36.8 Å². The van der Waals surface area contributed by atoms with Crippen molar-refractivity contribution < 1.29 is 5.11 Å². The van der Waals surface area contributed by atoms with Gasteiger partial charge in [0.25, 0.3) is 0 Å². The van der Waals surface area contributed by atoms with Crippen molar-refractivity contribution in [3.63, 3.8) is 0 Å². The van der Waals surface area contributed by atoms with Crippen LogP contribution in [0.4, 0.5) is 5.13 Å². The van der Waals surface area contributed by atoms with Gasteiger partial charge in [0, 0.05) is 11.8 Å². The molecule has 0 aliphatic heterocycles. The fraction of sp³-hybridized carbons (Fsp3) is 0.318. The molecule has 2 N–H and O–H groups in total. The fourth-order valence-electron chi connectivity index (χ4n) is 3.91. The first-order valence-electron chi connectivity index (χ1n) is 9.81. The van der Waals surface area contributed by atoms with E-state index in [1.54, 1.807) is 23.9 Å². The van der Waals surface area contributed by atoms with Gasteiger partial charge >= 0.3 is 0 Å². The van der Waals surface area contributed by atoms with Crippen molar-refractivity contribution >= 4 is 37.8 Å². The Kier molecular flexibility index (Phi) is 4.66. The summed E-state index contributed by atoms with van der Waals surface area (Å²) in [5, 5.41) is 14.5. The van der Waals surface area contributed by atoms with Gasteiger partial charge in [0.1, 0.15) is 5.52 Å². The van der Waals surface area contributed by atoms with E-state index < -0.39 is 0 Å². The van der Waals surface area contributed by atoms with Crippen LogP contribution in [0.5, 0.6) is 0 Å². The average Bonchev–Trinajstić information content (AvgIpc) is 3.32. The molecular weight excluding hydrogens is 382 g/mol. The molecule has 0 saturated heterocycles. The van der Waals surface area contributed by atoms with Crippen molar-refractivity contribution in [1.29, 1.82) is 0 Å². The Balaban J connectivity index is 1.38. The molecule has 0 spiro atoms. The minimum absolute atomic E-state index is 0.0973. The number of nitrogens with one attached hydrogen (secondary N) is 1. The van der Waals surface area contributed by atoms with E-state index in [0.717, 1.165) is 63.3 Å². The molecule has 3 aromatic heterocycles. The second kappa shape index (κ2) is 7.47. The van der Waals surface area contributed by atoms with Gasteiger partial charge in [0.2, 0.25) is 0 Å². The van der Waals surface area contributed by atoms with Crippen LogP contribution in [0.1, 0.15) is 36.8 Å². The van der Waals surface area contributed by atoms with Gasteiger partial charge in [-0.1, -0.05) is 36.2 Å². The lowest BCUT2D eigenvalue weighted by atomic mass is 9.93. The number of pyridine rings is 1. The Hall–Kier alpha value is -2.95. The Morgan fingerprint density at radius 3 is 2.97 bits per heavy atom. The van der Waals surface area contributed by atoms with E-state index in [9.17, 15) is 5.11 Å². The minimum Gasteiger partial charge on any atom is -0.391 e. The number of rotatable bonds is 4. The number of aromatic nitrogens is 4. The molecule has 1 aliphatic carbocycles. The number of aliphatic hydroxyl groups excluding tert-OH is 1. The number of hydrogen-bond acceptors (Lipinski definition) is 6. The molecule has 0 bridgehead atoms. The monoisotopic (exact) mass is 403 g/mol.